The number of hydrogen-bond donors (Lipinski definition) is 2. The molecule has 0 heterocycles. The quantitative estimate of drug-likeness (QED) is 0.0197. The van der Waals surface area contributed by atoms with Crippen LogP contribution in [-0.2, 0) is 42.2 Å². The molecule has 0 spiro atoms. The maximum absolute atomic E-state index is 12.8. The molecule has 66 heavy (non-hydrogen) atoms. The summed E-state index contributed by atoms with van der Waals surface area (Å²) in [5.74, 6) is -1.48. The van der Waals surface area contributed by atoms with Crippen molar-refractivity contribution in [1.29, 1.82) is 0 Å². The Balaban J connectivity index is 4.75. The van der Waals surface area contributed by atoms with E-state index in [0.717, 1.165) is 116 Å². The molecule has 0 fully saturated rings. The second kappa shape index (κ2) is 48.9. The van der Waals surface area contributed by atoms with E-state index < -0.39 is 57.8 Å². The highest BCUT2D eigenvalue weighted by atomic mass is 31.2. The normalized spacial score (nSPS) is 13.8. The molecule has 0 radical (unpaired) electrons. The van der Waals surface area contributed by atoms with Crippen molar-refractivity contribution in [1.82, 2.24) is 0 Å². The van der Waals surface area contributed by atoms with Gasteiger partial charge < -0.3 is 24.2 Å². The fraction of sp³-hybridized carbons (Fsp3) is 0.796. The number of aliphatic hydroxyl groups excluding tert-OH is 1. The van der Waals surface area contributed by atoms with Gasteiger partial charge in [-0.2, -0.15) is 0 Å². The Morgan fingerprint density at radius 1 is 0.439 bits per heavy atom. The van der Waals surface area contributed by atoms with E-state index in [4.69, 9.17) is 23.3 Å². The molecule has 0 aliphatic rings. The first-order valence-corrected chi connectivity index (χ1v) is 28.0. The molecule has 0 aromatic heterocycles. The smallest absolute Gasteiger partial charge is 0.462 e. The van der Waals surface area contributed by atoms with Crippen LogP contribution in [0.15, 0.2) is 48.6 Å². The molecule has 12 heteroatoms. The van der Waals surface area contributed by atoms with Crippen LogP contribution >= 0.6 is 7.82 Å². The second-order valence-electron chi connectivity index (χ2n) is 17.7. The lowest BCUT2D eigenvalue weighted by Gasteiger charge is -2.21. The average molecular weight is 953 g/mol. The van der Waals surface area contributed by atoms with Crippen molar-refractivity contribution in [3.63, 3.8) is 0 Å². The van der Waals surface area contributed by atoms with E-state index in [-0.39, 0.29) is 25.9 Å². The number of phosphoric ester groups is 1. The lowest BCUT2D eigenvalue weighted by Crippen LogP contribution is -2.30. The van der Waals surface area contributed by atoms with Crippen LogP contribution in [0.3, 0.4) is 0 Å². The van der Waals surface area contributed by atoms with Gasteiger partial charge in [0.05, 0.1) is 19.8 Å². The van der Waals surface area contributed by atoms with Gasteiger partial charge in [-0.25, -0.2) is 4.57 Å². The lowest BCUT2D eigenvalue weighted by atomic mass is 10.1. The summed E-state index contributed by atoms with van der Waals surface area (Å²) >= 11 is 0. The minimum Gasteiger partial charge on any atom is -0.462 e. The van der Waals surface area contributed by atoms with Crippen molar-refractivity contribution in [3.8, 4) is 0 Å². The van der Waals surface area contributed by atoms with E-state index in [1.165, 1.54) is 64.2 Å². The first kappa shape index (κ1) is 63.4. The van der Waals surface area contributed by atoms with Gasteiger partial charge in [0, 0.05) is 19.3 Å². The number of allylic oxidation sites excluding steroid dienone is 8. The lowest BCUT2D eigenvalue weighted by molar-refractivity contribution is -0.161. The number of unbranched alkanes of at least 4 members (excludes halogenated alkanes) is 24. The molecule has 0 aliphatic carbocycles. The van der Waals surface area contributed by atoms with Gasteiger partial charge >= 0.3 is 25.7 Å². The number of aliphatic hydroxyl groups is 1. The highest BCUT2D eigenvalue weighted by molar-refractivity contribution is 7.47. The first-order valence-electron chi connectivity index (χ1n) is 26.5. The maximum Gasteiger partial charge on any atom is 0.472 e. The Morgan fingerprint density at radius 3 is 1.24 bits per heavy atom. The highest BCUT2D eigenvalue weighted by Gasteiger charge is 2.28. The summed E-state index contributed by atoms with van der Waals surface area (Å²) in [5.41, 5.74) is 0. The zero-order valence-corrected chi connectivity index (χ0v) is 43.1. The van der Waals surface area contributed by atoms with E-state index in [9.17, 15) is 28.9 Å². The zero-order valence-electron chi connectivity index (χ0n) is 42.2. The van der Waals surface area contributed by atoms with E-state index in [1.807, 2.05) is 0 Å². The standard InChI is InChI=1S/C54H97O11P/c1-4-7-10-13-16-19-21-23-24-25-26-28-30-33-36-39-42-45-54(58)65-51(47-61-52(56)43-40-37-34-32-29-27-22-20-17-14-11-8-5-2)49-63-66(59,60)62-48-50(46-55)64-53(57)44-41-38-35-31-18-15-12-9-6-3/h7,10,16,19-20,22-24,50-51,55H,4-6,8-9,11-15,17-18,21,25-49H2,1-3H3,(H,59,60)/b10-7-,19-16-,22-20-,24-23-. The minimum atomic E-state index is -4.74. The Kier molecular flexibility index (Phi) is 47.0. The number of phosphoric acid groups is 1. The number of ether oxygens (including phenoxy) is 3. The Hall–Kier alpha value is -2.56. The van der Waals surface area contributed by atoms with Crippen LogP contribution in [0.25, 0.3) is 0 Å². The Bertz CT molecular complexity index is 1300. The van der Waals surface area contributed by atoms with Gasteiger partial charge in [-0.1, -0.05) is 191 Å². The molecule has 11 nitrogen and oxygen atoms in total. The third-order valence-corrected chi connectivity index (χ3v) is 12.2. The number of esters is 3. The van der Waals surface area contributed by atoms with Gasteiger partial charge in [0.1, 0.15) is 12.7 Å². The van der Waals surface area contributed by atoms with Gasteiger partial charge in [-0.15, -0.1) is 0 Å². The van der Waals surface area contributed by atoms with Gasteiger partial charge in [-0.05, 0) is 77.0 Å². The van der Waals surface area contributed by atoms with Gasteiger partial charge in [-0.3, -0.25) is 23.4 Å². The molecular weight excluding hydrogens is 856 g/mol. The van der Waals surface area contributed by atoms with E-state index in [1.54, 1.807) is 0 Å². The van der Waals surface area contributed by atoms with Crippen LogP contribution in [-0.4, -0.2) is 66.5 Å². The molecule has 3 atom stereocenters. The highest BCUT2D eigenvalue weighted by Crippen LogP contribution is 2.43. The van der Waals surface area contributed by atoms with Gasteiger partial charge in [0.25, 0.3) is 0 Å². The summed E-state index contributed by atoms with van der Waals surface area (Å²) in [7, 11) is -4.74. The first-order chi connectivity index (χ1) is 32.2. The number of carbonyl (C=O) groups is 3. The maximum atomic E-state index is 12.8. The largest absolute Gasteiger partial charge is 0.472 e. The second-order valence-corrected chi connectivity index (χ2v) is 19.1. The molecule has 0 aromatic rings. The molecule has 0 saturated carbocycles. The van der Waals surface area contributed by atoms with Crippen molar-refractivity contribution < 1.29 is 52.2 Å². The topological polar surface area (TPSA) is 155 Å². The summed E-state index contributed by atoms with van der Waals surface area (Å²) in [6.07, 6.45) is 49.4. The third-order valence-electron chi connectivity index (χ3n) is 11.2. The summed E-state index contributed by atoms with van der Waals surface area (Å²) < 4.78 is 39.3. The number of rotatable bonds is 49. The Labute approximate surface area is 403 Å². The number of hydrogen-bond acceptors (Lipinski definition) is 10. The van der Waals surface area contributed by atoms with E-state index >= 15 is 0 Å². The molecule has 0 amide bonds. The summed E-state index contributed by atoms with van der Waals surface area (Å²) in [6, 6.07) is 0. The fourth-order valence-corrected chi connectivity index (χ4v) is 7.97. The van der Waals surface area contributed by atoms with Crippen LogP contribution in [0, 0.1) is 0 Å². The molecule has 0 bridgehead atoms. The molecule has 3 unspecified atom stereocenters. The van der Waals surface area contributed by atoms with Crippen molar-refractivity contribution in [2.45, 2.75) is 251 Å². The number of carbonyl (C=O) groups excluding carboxylic acids is 3. The van der Waals surface area contributed by atoms with Crippen molar-refractivity contribution in [3.05, 3.63) is 48.6 Å². The van der Waals surface area contributed by atoms with Crippen LogP contribution in [0.5, 0.6) is 0 Å². The van der Waals surface area contributed by atoms with Crippen molar-refractivity contribution >= 4 is 25.7 Å². The van der Waals surface area contributed by atoms with Crippen molar-refractivity contribution in [2.24, 2.45) is 0 Å². The van der Waals surface area contributed by atoms with Crippen LogP contribution in [0.1, 0.15) is 239 Å². The zero-order chi connectivity index (χ0) is 48.4. The molecular formula is C54H97O11P. The molecule has 0 rings (SSSR count). The van der Waals surface area contributed by atoms with E-state index in [2.05, 4.69) is 69.4 Å². The third kappa shape index (κ3) is 46.5. The fourth-order valence-electron chi connectivity index (χ4n) is 7.19. The molecule has 0 aliphatic heterocycles. The van der Waals surface area contributed by atoms with Gasteiger partial charge in [0.2, 0.25) is 0 Å². The molecule has 0 saturated heterocycles. The molecule has 384 valence electrons. The Morgan fingerprint density at radius 2 is 0.788 bits per heavy atom. The summed E-state index contributed by atoms with van der Waals surface area (Å²) in [6.45, 7) is 4.47. The van der Waals surface area contributed by atoms with Crippen molar-refractivity contribution in [2.75, 3.05) is 26.4 Å². The summed E-state index contributed by atoms with van der Waals surface area (Å²) in [4.78, 5) is 48.3. The average Bonchev–Trinajstić information content (AvgIpc) is 3.30. The molecule has 0 aromatic carbocycles. The van der Waals surface area contributed by atoms with E-state index in [0.29, 0.717) is 19.3 Å². The summed E-state index contributed by atoms with van der Waals surface area (Å²) in [5, 5.41) is 9.75. The van der Waals surface area contributed by atoms with Gasteiger partial charge in [0.15, 0.2) is 6.10 Å². The monoisotopic (exact) mass is 953 g/mol. The minimum absolute atomic E-state index is 0.156. The van der Waals surface area contributed by atoms with Crippen LogP contribution in [0.4, 0.5) is 0 Å². The van der Waals surface area contributed by atoms with Crippen LogP contribution in [0.2, 0.25) is 0 Å². The predicted octanol–water partition coefficient (Wildman–Crippen LogP) is 15.0. The SMILES string of the molecule is CC/C=C\C/C=C\C/C=C\CCCCCCCCCC(=O)OC(COC(=O)CCCCCCC/C=C\CCCCCC)COP(=O)(O)OCC(CO)OC(=O)CCCCCCCCCCC. The predicted molar refractivity (Wildman–Crippen MR) is 270 cm³/mol. The molecule has 2 N–H and O–H groups in total. The van der Waals surface area contributed by atoms with Crippen LogP contribution < -0.4 is 0 Å².